The van der Waals surface area contributed by atoms with E-state index in [-0.39, 0.29) is 5.84 Å². The molecule has 0 amide bonds. The van der Waals surface area contributed by atoms with Crippen molar-refractivity contribution in [2.24, 2.45) is 11.5 Å². The number of amidine groups is 1. The van der Waals surface area contributed by atoms with E-state index in [1.54, 1.807) is 12.1 Å². The third kappa shape index (κ3) is 4.36. The van der Waals surface area contributed by atoms with Crippen molar-refractivity contribution < 1.29 is 4.74 Å². The van der Waals surface area contributed by atoms with Gasteiger partial charge in [0.1, 0.15) is 11.6 Å². The van der Waals surface area contributed by atoms with Crippen LogP contribution < -0.4 is 16.2 Å². The molecule has 5 nitrogen and oxygen atoms in total. The lowest BCUT2D eigenvalue weighted by molar-refractivity contribution is 0.310. The number of rotatable bonds is 8. The van der Waals surface area contributed by atoms with Crippen molar-refractivity contribution in [1.29, 1.82) is 5.41 Å². The fourth-order valence-corrected chi connectivity index (χ4v) is 2.23. The Labute approximate surface area is 124 Å². The van der Waals surface area contributed by atoms with Crippen LogP contribution in [-0.4, -0.2) is 24.0 Å². The molecule has 0 unspecified atom stereocenters. The molecular weight excluding hydrogens is 264 g/mol. The van der Waals surface area contributed by atoms with Crippen LogP contribution in [0, 0.1) is 5.41 Å². The molecule has 112 valence electrons. The van der Waals surface area contributed by atoms with Gasteiger partial charge in [-0.25, -0.2) is 0 Å². The van der Waals surface area contributed by atoms with E-state index < -0.39 is 0 Å². The topological polar surface area (TPSA) is 101 Å². The fourth-order valence-electron chi connectivity index (χ4n) is 2.23. The van der Waals surface area contributed by atoms with Crippen LogP contribution in [0.1, 0.15) is 23.2 Å². The Kier molecular flexibility index (Phi) is 5.40. The first-order chi connectivity index (χ1) is 10.2. The van der Waals surface area contributed by atoms with Gasteiger partial charge in [-0.1, -0.05) is 0 Å². The Bertz CT molecular complexity index is 574. The lowest BCUT2D eigenvalue weighted by atomic mass is 10.1. The van der Waals surface area contributed by atoms with Crippen LogP contribution in [0.5, 0.6) is 5.75 Å². The van der Waals surface area contributed by atoms with E-state index in [1.165, 1.54) is 11.3 Å². The molecule has 0 aliphatic heterocycles. The van der Waals surface area contributed by atoms with Gasteiger partial charge in [-0.3, -0.25) is 5.41 Å². The largest absolute Gasteiger partial charge is 0.494 e. The minimum atomic E-state index is 0.0701. The molecule has 6 N–H and O–H groups in total. The van der Waals surface area contributed by atoms with E-state index in [1.807, 2.05) is 18.3 Å². The average Bonchev–Trinajstić information content (AvgIpc) is 2.92. The van der Waals surface area contributed by atoms with Crippen LogP contribution in [0.3, 0.4) is 0 Å². The normalized spacial score (nSPS) is 10.5. The van der Waals surface area contributed by atoms with Crippen LogP contribution in [0.25, 0.3) is 0 Å². The van der Waals surface area contributed by atoms with Gasteiger partial charge < -0.3 is 21.2 Å². The van der Waals surface area contributed by atoms with Gasteiger partial charge in [0.05, 0.1) is 6.61 Å². The molecular formula is C16H22N4O. The molecule has 0 aliphatic rings. The Morgan fingerprint density at radius 3 is 2.57 bits per heavy atom. The molecule has 0 radical (unpaired) electrons. The molecule has 0 saturated heterocycles. The zero-order chi connectivity index (χ0) is 15.1. The molecule has 0 fully saturated rings. The summed E-state index contributed by atoms with van der Waals surface area (Å²) in [6.07, 6.45) is 4.76. The summed E-state index contributed by atoms with van der Waals surface area (Å²) in [5.41, 5.74) is 14.2. The third-order valence-electron chi connectivity index (χ3n) is 3.35. The van der Waals surface area contributed by atoms with Crippen molar-refractivity contribution in [3.8, 4) is 5.75 Å². The summed E-state index contributed by atoms with van der Waals surface area (Å²) in [6, 6.07) is 9.35. The van der Waals surface area contributed by atoms with E-state index in [0.717, 1.165) is 25.0 Å². The fraction of sp³-hybridized carbons (Fsp3) is 0.312. The highest BCUT2D eigenvalue weighted by molar-refractivity contribution is 5.94. The van der Waals surface area contributed by atoms with E-state index in [9.17, 15) is 0 Å². The lowest BCUT2D eigenvalue weighted by Crippen LogP contribution is -2.10. The van der Waals surface area contributed by atoms with Crippen molar-refractivity contribution in [3.05, 3.63) is 53.3 Å². The molecule has 21 heavy (non-hydrogen) atoms. The molecule has 0 saturated carbocycles. The summed E-state index contributed by atoms with van der Waals surface area (Å²) in [4.78, 5) is 3.26. The van der Waals surface area contributed by atoms with Gasteiger partial charge in [-0.2, -0.15) is 0 Å². The highest BCUT2D eigenvalue weighted by atomic mass is 16.5. The molecule has 2 aromatic rings. The molecule has 2 rings (SSSR count). The van der Waals surface area contributed by atoms with Crippen molar-refractivity contribution in [2.75, 3.05) is 13.2 Å². The Morgan fingerprint density at radius 1 is 1.14 bits per heavy atom. The first-order valence-corrected chi connectivity index (χ1v) is 7.13. The predicted molar refractivity (Wildman–Crippen MR) is 84.8 cm³/mol. The van der Waals surface area contributed by atoms with Crippen molar-refractivity contribution in [1.82, 2.24) is 4.98 Å². The van der Waals surface area contributed by atoms with Gasteiger partial charge in [0.25, 0.3) is 0 Å². The average molecular weight is 286 g/mol. The molecule has 0 atom stereocenters. The molecule has 1 heterocycles. The van der Waals surface area contributed by atoms with Crippen LogP contribution in [-0.2, 0) is 12.8 Å². The summed E-state index contributed by atoms with van der Waals surface area (Å²) in [5, 5.41) is 7.33. The maximum atomic E-state index is 7.33. The molecule has 0 aliphatic carbocycles. The van der Waals surface area contributed by atoms with Crippen LogP contribution in [0.4, 0.5) is 0 Å². The number of aromatic amines is 1. The van der Waals surface area contributed by atoms with Crippen molar-refractivity contribution >= 4 is 5.84 Å². The third-order valence-corrected chi connectivity index (χ3v) is 3.35. The number of hydrogen-bond acceptors (Lipinski definition) is 3. The molecule has 0 bridgehead atoms. The maximum Gasteiger partial charge on any atom is 0.122 e. The molecule has 0 spiro atoms. The monoisotopic (exact) mass is 286 g/mol. The van der Waals surface area contributed by atoms with E-state index in [4.69, 9.17) is 21.6 Å². The zero-order valence-corrected chi connectivity index (χ0v) is 12.1. The number of hydrogen-bond donors (Lipinski definition) is 4. The summed E-state index contributed by atoms with van der Waals surface area (Å²) in [6.45, 7) is 1.32. The Morgan fingerprint density at radius 2 is 1.90 bits per heavy atom. The quantitative estimate of drug-likeness (QED) is 0.338. The van der Waals surface area contributed by atoms with Gasteiger partial charge >= 0.3 is 0 Å². The van der Waals surface area contributed by atoms with Gasteiger partial charge in [-0.05, 0) is 61.7 Å². The summed E-state index contributed by atoms with van der Waals surface area (Å²) >= 11 is 0. The first kappa shape index (κ1) is 15.1. The van der Waals surface area contributed by atoms with Crippen LogP contribution >= 0.6 is 0 Å². The van der Waals surface area contributed by atoms with Crippen LogP contribution in [0.2, 0.25) is 0 Å². The summed E-state index contributed by atoms with van der Waals surface area (Å²) in [7, 11) is 0. The number of H-pyrrole nitrogens is 1. The van der Waals surface area contributed by atoms with Gasteiger partial charge in [0.2, 0.25) is 0 Å². The highest BCUT2D eigenvalue weighted by Crippen LogP contribution is 2.13. The molecule has 1 aromatic heterocycles. The Hall–Kier alpha value is -2.27. The van der Waals surface area contributed by atoms with Gasteiger partial charge in [-0.15, -0.1) is 0 Å². The highest BCUT2D eigenvalue weighted by Gasteiger charge is 2.03. The van der Waals surface area contributed by atoms with Crippen molar-refractivity contribution in [2.45, 2.75) is 19.3 Å². The van der Waals surface area contributed by atoms with E-state index >= 15 is 0 Å². The number of nitrogens with one attached hydrogen (secondary N) is 2. The van der Waals surface area contributed by atoms with E-state index in [0.29, 0.717) is 18.7 Å². The lowest BCUT2D eigenvalue weighted by Gasteiger charge is -2.07. The number of aromatic nitrogens is 1. The second-order valence-electron chi connectivity index (χ2n) is 4.91. The minimum absolute atomic E-state index is 0.0701. The summed E-state index contributed by atoms with van der Waals surface area (Å²) < 4.78 is 5.69. The second kappa shape index (κ2) is 7.50. The number of benzene rings is 1. The maximum absolute atomic E-state index is 7.33. The standard InChI is InChI=1S/C16H22N4O/c17-9-7-12-8-10-20-15(12)2-1-11-21-14-5-3-13(4-6-14)16(18)19/h3-6,8,10,20H,1-2,7,9,11,17H2,(H3,18,19). The SMILES string of the molecule is N=C(N)c1ccc(OCCCc2[nH]ccc2CCN)cc1. The minimum Gasteiger partial charge on any atom is -0.494 e. The summed E-state index contributed by atoms with van der Waals surface area (Å²) in [5.74, 6) is 0.870. The number of nitrogen functional groups attached to an aromatic ring is 1. The van der Waals surface area contributed by atoms with Gasteiger partial charge in [0, 0.05) is 17.5 Å². The number of ether oxygens (including phenoxy) is 1. The number of nitrogens with two attached hydrogens (primary N) is 2. The zero-order valence-electron chi connectivity index (χ0n) is 12.1. The smallest absolute Gasteiger partial charge is 0.122 e. The molecule has 5 heteroatoms. The number of aryl methyl sites for hydroxylation is 1. The Balaban J connectivity index is 1.76. The van der Waals surface area contributed by atoms with Gasteiger partial charge in [0.15, 0.2) is 0 Å². The molecule has 1 aromatic carbocycles. The van der Waals surface area contributed by atoms with E-state index in [2.05, 4.69) is 11.1 Å². The van der Waals surface area contributed by atoms with Crippen LogP contribution in [0.15, 0.2) is 36.5 Å². The predicted octanol–water partition coefficient (Wildman–Crippen LogP) is 1.81. The second-order valence-corrected chi connectivity index (χ2v) is 4.91. The van der Waals surface area contributed by atoms with Crippen molar-refractivity contribution in [3.63, 3.8) is 0 Å². The first-order valence-electron chi connectivity index (χ1n) is 7.13.